The molecule has 0 bridgehead atoms. The molecule has 5 aliphatic rings. The van der Waals surface area contributed by atoms with Gasteiger partial charge in [-0.2, -0.15) is 35.0 Å². The summed E-state index contributed by atoms with van der Waals surface area (Å²) >= 11 is 15.9. The van der Waals surface area contributed by atoms with Crippen LogP contribution in [0.3, 0.4) is 0 Å². The lowest BCUT2D eigenvalue weighted by molar-refractivity contribution is -0.385. The summed E-state index contributed by atoms with van der Waals surface area (Å²) in [7, 11) is 0. The first-order valence-corrected chi connectivity index (χ1v) is 38.2. The SMILES string of the molecule is C.C.Nc1cnc(N2CCCCC2)nc1N.Nc1nc(Cl)ncc1[N+](=O)[O-].Nc1nc(N2CCCCC2)ncc1[N+](=O)[O-].O=C(c1cc(Cc2n[nH]c(=O)c3ccccc23)ccc1F)N1CCN(c2ncc3[nH]cnc3n2)CC1.O=[N+]([O-])c1cnc(Cl)nc1Cl.c1nc2cc(N3CCNCC3)ncc2[nH]1.c1nc2nc(N3CCCCC3)ncc2[nH]1. The van der Waals surface area contributed by atoms with Gasteiger partial charge in [0.1, 0.15) is 41.3 Å². The van der Waals surface area contributed by atoms with Crippen LogP contribution in [-0.4, -0.2) is 222 Å². The highest BCUT2D eigenvalue weighted by molar-refractivity contribution is 6.33. The number of nitrogen functional groups attached to an aromatic ring is 4. The summed E-state index contributed by atoms with van der Waals surface area (Å²) < 4.78 is 14.7. The van der Waals surface area contributed by atoms with Crippen molar-refractivity contribution in [3.05, 3.63) is 190 Å². The number of benzene rings is 2. The van der Waals surface area contributed by atoms with Crippen molar-refractivity contribution in [2.75, 3.05) is 139 Å². The van der Waals surface area contributed by atoms with E-state index in [9.17, 15) is 44.3 Å². The number of aromatic amines is 4. The van der Waals surface area contributed by atoms with Crippen LogP contribution in [0.4, 0.5) is 74.2 Å². The van der Waals surface area contributed by atoms with Crippen LogP contribution in [0.2, 0.25) is 15.7 Å². The Morgan fingerprint density at radius 2 is 0.942 bits per heavy atom. The predicted octanol–water partition coefficient (Wildman–Crippen LogP) is 9.17. The van der Waals surface area contributed by atoms with E-state index >= 15 is 0 Å². The molecule has 0 atom stereocenters. The maximum Gasteiger partial charge on any atom is 0.329 e. The van der Waals surface area contributed by atoms with Crippen molar-refractivity contribution in [1.82, 2.24) is 115 Å². The second kappa shape index (κ2) is 42.4. The molecule has 47 heteroatoms. The summed E-state index contributed by atoms with van der Waals surface area (Å²) in [6, 6.07) is 13.7. The number of nitro groups is 3. The van der Waals surface area contributed by atoms with Crippen LogP contribution in [0.1, 0.15) is 94.3 Å². The maximum absolute atomic E-state index is 14.7. The summed E-state index contributed by atoms with van der Waals surface area (Å²) in [6.07, 6.45) is 26.2. The molecule has 0 spiro atoms. The third-order valence-corrected chi connectivity index (χ3v) is 19.5. The molecule has 1 amide bonds. The Hall–Kier alpha value is -13.8. The lowest BCUT2D eigenvalue weighted by atomic mass is 10.0. The Balaban J connectivity index is 0.000000155. The Morgan fingerprint density at radius 3 is 1.48 bits per heavy atom. The van der Waals surface area contributed by atoms with E-state index < -0.39 is 20.6 Å². The number of rotatable bonds is 11. The van der Waals surface area contributed by atoms with Gasteiger partial charge in [-0.3, -0.25) is 39.9 Å². The molecule has 630 valence electrons. The molecule has 18 rings (SSSR count). The molecule has 0 aliphatic carbocycles. The Morgan fingerprint density at radius 1 is 0.475 bits per heavy atom. The normalized spacial score (nSPS) is 14.4. The summed E-state index contributed by atoms with van der Waals surface area (Å²) in [5.41, 5.74) is 27.5. The molecule has 43 nitrogen and oxygen atoms in total. The van der Waals surface area contributed by atoms with Crippen molar-refractivity contribution >= 4 is 155 Å². The Bertz CT molecular complexity index is 5550. The zero-order chi connectivity index (χ0) is 83.2. The molecule has 5 aliphatic heterocycles. The smallest absolute Gasteiger partial charge is 0.329 e. The van der Waals surface area contributed by atoms with Gasteiger partial charge >= 0.3 is 17.1 Å². The maximum atomic E-state index is 14.7. The number of pyridine rings is 1. The lowest BCUT2D eigenvalue weighted by Gasteiger charge is -2.34. The Kier molecular flexibility index (Phi) is 31.3. The van der Waals surface area contributed by atoms with E-state index in [2.05, 4.69) is 125 Å². The van der Waals surface area contributed by atoms with Crippen LogP contribution in [0.15, 0.2) is 116 Å². The first-order valence-electron chi connectivity index (χ1n) is 37.1. The van der Waals surface area contributed by atoms with Gasteiger partial charge in [0, 0.05) is 110 Å². The number of aromatic nitrogens is 21. The second-order valence-electron chi connectivity index (χ2n) is 26.7. The van der Waals surface area contributed by atoms with Gasteiger partial charge in [-0.15, -0.1) is 0 Å². The quantitative estimate of drug-likeness (QED) is 0.0252. The molecule has 5 fully saturated rings. The van der Waals surface area contributed by atoms with Gasteiger partial charge in [0.25, 0.3) is 11.5 Å². The van der Waals surface area contributed by atoms with Gasteiger partial charge in [-0.1, -0.05) is 50.7 Å². The third-order valence-electron chi connectivity index (χ3n) is 18.9. The average molecular weight is 1710 g/mol. The van der Waals surface area contributed by atoms with Crippen LogP contribution in [0.25, 0.3) is 44.1 Å². The largest absolute Gasteiger partial charge is 0.394 e. The molecule has 13 aromatic rings. The van der Waals surface area contributed by atoms with E-state index in [0.29, 0.717) is 78.7 Å². The van der Waals surface area contributed by atoms with E-state index in [0.717, 1.165) is 141 Å². The number of amides is 1. The summed E-state index contributed by atoms with van der Waals surface area (Å²) in [5.74, 6) is 2.73. The third kappa shape index (κ3) is 23.3. The van der Waals surface area contributed by atoms with Crippen molar-refractivity contribution in [3.63, 3.8) is 0 Å². The minimum Gasteiger partial charge on any atom is -0.394 e. The molecule has 13 N–H and O–H groups in total. The molecule has 120 heavy (non-hydrogen) atoms. The standard InChI is InChI=1S/C25H21FN8O2.2C10H13N5.C9H13N5O2.C9H15N5.C4HCl2N3O2.C4H3ClN4O2.2CH4/c26-19-6-5-15(12-20-16-3-1-2-4-17(16)23(35)32-31-20)11-18(19)24(36)33-7-9-34(10-8-33)25-27-13-21-22(30-25)29-14-28-21;1-3-15(4-2-11-1)10-5-8-9(6-12-10)14-7-13-8;1-2-4-15(5-3-1)10-11-6-8-9(14-10)13-7-12-8;10-8-7(14(15)16)6-11-9(12-8)13-4-2-1-3-5-13;10-7-6-12-9(13-8(7)11)14-4-2-1-3-5-14;5-3-2(9(10)11)1-7-4(6)8-3;5-4-7-1-2(9(10)11)3(6)8-4;;/h1-6,11,13-14H,7-10,12H2,(H,32,35)(H,27,28,29,30);5-7,11H,1-4H2,(H,13,14);6-7H,1-5H2,(H,11,12,13,14);6H,1-5H2,(H2,10,11,12);6H,1-5,10H2,(H2,11,12,13);1H;1H,(H2,6,7,8);2*1H4. The number of piperazine rings is 2. The van der Waals surface area contributed by atoms with Crippen LogP contribution >= 0.6 is 34.8 Å². The van der Waals surface area contributed by atoms with Crippen LogP contribution in [0, 0.1) is 36.2 Å². The number of nitrogens with zero attached hydrogens (tertiary/aromatic N) is 26. The van der Waals surface area contributed by atoms with Crippen LogP contribution in [-0.2, 0) is 6.42 Å². The molecular weight excluding hydrogens is 1620 g/mol. The van der Waals surface area contributed by atoms with E-state index in [4.69, 9.17) is 57.7 Å². The summed E-state index contributed by atoms with van der Waals surface area (Å²) in [5, 5.41) is 41.6. The zero-order valence-electron chi connectivity index (χ0n) is 63.1. The summed E-state index contributed by atoms with van der Waals surface area (Å²) in [6.45, 7) is 11.9. The Labute approximate surface area is 698 Å². The number of imidazole rings is 3. The van der Waals surface area contributed by atoms with E-state index in [1.165, 1.54) is 57.2 Å². The fourth-order valence-electron chi connectivity index (χ4n) is 12.7. The number of halogens is 4. The van der Waals surface area contributed by atoms with E-state index in [-0.39, 0.29) is 76.3 Å². The van der Waals surface area contributed by atoms with Gasteiger partial charge < -0.3 is 72.6 Å². The van der Waals surface area contributed by atoms with Crippen LogP contribution < -0.4 is 58.3 Å². The number of carbonyl (C=O) groups excluding carboxylic acids is 1. The number of nitrogens with one attached hydrogen (secondary N) is 5. The first-order chi connectivity index (χ1) is 57.1. The van der Waals surface area contributed by atoms with E-state index in [1.54, 1.807) is 66.7 Å². The van der Waals surface area contributed by atoms with Crippen molar-refractivity contribution < 1.29 is 24.0 Å². The molecule has 0 radical (unpaired) electrons. The molecule has 5 saturated heterocycles. The first kappa shape index (κ1) is 88.6. The molecule has 11 aromatic heterocycles. The van der Waals surface area contributed by atoms with Crippen molar-refractivity contribution in [2.24, 2.45) is 0 Å². The number of hydrogen-bond donors (Lipinski definition) is 9. The topological polar surface area (TPSA) is 581 Å². The molecule has 0 unspecified atom stereocenters. The van der Waals surface area contributed by atoms with Crippen molar-refractivity contribution in [1.29, 1.82) is 0 Å². The van der Waals surface area contributed by atoms with Crippen LogP contribution in [0.5, 0.6) is 0 Å². The number of carbonyl (C=O) groups is 1. The van der Waals surface area contributed by atoms with Gasteiger partial charge in [0.2, 0.25) is 51.1 Å². The van der Waals surface area contributed by atoms with Gasteiger partial charge in [0.05, 0.1) is 91.9 Å². The highest BCUT2D eigenvalue weighted by Gasteiger charge is 2.28. The highest BCUT2D eigenvalue weighted by Crippen LogP contribution is 2.28. The number of nitrogens with two attached hydrogens (primary N) is 4. The highest BCUT2D eigenvalue weighted by atomic mass is 35.5. The molecule has 16 heterocycles. The van der Waals surface area contributed by atoms with Gasteiger partial charge in [0.15, 0.2) is 17.1 Å². The summed E-state index contributed by atoms with van der Waals surface area (Å²) in [4.78, 5) is 140. The van der Waals surface area contributed by atoms with E-state index in [1.807, 2.05) is 34.2 Å². The fraction of sp³-hybridized carbons (Fsp3) is 0.356. The monoisotopic (exact) mass is 1710 g/mol. The van der Waals surface area contributed by atoms with Crippen molar-refractivity contribution in [3.8, 4) is 0 Å². The number of fused-ring (bicyclic) bond motifs is 4. The molecule has 2 aromatic carbocycles. The van der Waals surface area contributed by atoms with Crippen molar-refractivity contribution in [2.45, 2.75) is 79.1 Å². The second-order valence-corrected chi connectivity index (χ2v) is 27.8. The number of hydrogen-bond acceptors (Lipinski definition) is 35. The minimum atomic E-state index is -0.682. The molecular formula is C73H87Cl3FN35O8. The van der Waals surface area contributed by atoms with Gasteiger partial charge in [-0.05, 0) is 105 Å². The van der Waals surface area contributed by atoms with Gasteiger partial charge in [-0.25, -0.2) is 59.3 Å². The number of piperidine rings is 3. The lowest BCUT2D eigenvalue weighted by Crippen LogP contribution is -2.49. The average Bonchev–Trinajstić information content (AvgIpc) is 0.894. The fourth-order valence-corrected chi connectivity index (χ4v) is 13.3. The number of anilines is 9. The predicted molar refractivity (Wildman–Crippen MR) is 454 cm³/mol. The molecule has 0 saturated carbocycles. The minimum absolute atomic E-state index is 0. The zero-order valence-corrected chi connectivity index (χ0v) is 65.3. The number of H-pyrrole nitrogens is 4.